The average Bonchev–Trinajstić information content (AvgIpc) is 2.93. The summed E-state index contributed by atoms with van der Waals surface area (Å²) in [5.74, 6) is -0.354. The lowest BCUT2D eigenvalue weighted by Gasteiger charge is -2.11. The third kappa shape index (κ3) is 6.42. The smallest absolute Gasteiger partial charge is 0.191 e. The second-order valence-electron chi connectivity index (χ2n) is 5.13. The van der Waals surface area contributed by atoms with E-state index in [2.05, 4.69) is 20.7 Å². The first-order valence-corrected chi connectivity index (χ1v) is 7.52. The normalized spacial score (nSPS) is 11.1. The van der Waals surface area contributed by atoms with Gasteiger partial charge in [0.15, 0.2) is 5.96 Å². The third-order valence-electron chi connectivity index (χ3n) is 3.22. The van der Waals surface area contributed by atoms with Crippen LogP contribution in [0.1, 0.15) is 18.1 Å². The van der Waals surface area contributed by atoms with Crippen LogP contribution in [0.3, 0.4) is 0 Å². The number of benzene rings is 1. The first kappa shape index (κ1) is 20.3. The van der Waals surface area contributed by atoms with Gasteiger partial charge in [-0.3, -0.25) is 4.68 Å². The molecule has 0 radical (unpaired) electrons. The SMILES string of the molecule is CCNC(=NCc1cc(F)ccc1F)NCCc1cnn(C)c1.I. The van der Waals surface area contributed by atoms with Crippen LogP contribution < -0.4 is 10.6 Å². The summed E-state index contributed by atoms with van der Waals surface area (Å²) in [5, 5.41) is 10.4. The zero-order chi connectivity index (χ0) is 16.7. The Morgan fingerprint density at radius 2 is 2.08 bits per heavy atom. The molecule has 2 N–H and O–H groups in total. The lowest BCUT2D eigenvalue weighted by Crippen LogP contribution is -2.38. The second-order valence-corrected chi connectivity index (χ2v) is 5.13. The van der Waals surface area contributed by atoms with Crippen LogP contribution in [0, 0.1) is 11.6 Å². The van der Waals surface area contributed by atoms with Crippen molar-refractivity contribution in [2.75, 3.05) is 13.1 Å². The van der Waals surface area contributed by atoms with Crippen molar-refractivity contribution in [3.05, 3.63) is 53.4 Å². The number of halogens is 3. The number of aromatic nitrogens is 2. The largest absolute Gasteiger partial charge is 0.357 e. The Balaban J connectivity index is 0.00000288. The topological polar surface area (TPSA) is 54.2 Å². The second kappa shape index (κ2) is 10.2. The fourth-order valence-electron chi connectivity index (χ4n) is 2.10. The van der Waals surface area contributed by atoms with Crippen LogP contribution in [0.2, 0.25) is 0 Å². The van der Waals surface area contributed by atoms with E-state index in [-0.39, 0.29) is 36.1 Å². The minimum atomic E-state index is -0.467. The Bertz CT molecular complexity index is 672. The van der Waals surface area contributed by atoms with Crippen LogP contribution in [0.4, 0.5) is 8.78 Å². The van der Waals surface area contributed by atoms with E-state index in [1.165, 1.54) is 0 Å². The van der Waals surface area contributed by atoms with E-state index in [1.807, 2.05) is 26.4 Å². The monoisotopic (exact) mass is 449 g/mol. The summed E-state index contributed by atoms with van der Waals surface area (Å²) in [4.78, 5) is 4.29. The summed E-state index contributed by atoms with van der Waals surface area (Å²) in [6.45, 7) is 3.38. The molecule has 0 saturated carbocycles. The van der Waals surface area contributed by atoms with Gasteiger partial charge in [0.1, 0.15) is 11.6 Å². The molecule has 132 valence electrons. The van der Waals surface area contributed by atoms with Gasteiger partial charge in [0.05, 0.1) is 12.7 Å². The van der Waals surface area contributed by atoms with Crippen LogP contribution in [0.5, 0.6) is 0 Å². The van der Waals surface area contributed by atoms with Crippen molar-refractivity contribution in [2.45, 2.75) is 19.9 Å². The highest BCUT2D eigenvalue weighted by Gasteiger charge is 2.04. The highest BCUT2D eigenvalue weighted by molar-refractivity contribution is 14.0. The molecule has 2 rings (SSSR count). The first-order chi connectivity index (χ1) is 11.1. The van der Waals surface area contributed by atoms with Crippen molar-refractivity contribution in [1.82, 2.24) is 20.4 Å². The Hall–Kier alpha value is -1.71. The highest BCUT2D eigenvalue weighted by atomic mass is 127. The molecule has 0 bridgehead atoms. The van der Waals surface area contributed by atoms with Crippen molar-refractivity contribution in [2.24, 2.45) is 12.0 Å². The van der Waals surface area contributed by atoms with Crippen molar-refractivity contribution in [3.63, 3.8) is 0 Å². The fourth-order valence-corrected chi connectivity index (χ4v) is 2.10. The minimum absolute atomic E-state index is 0. The molecule has 0 aliphatic carbocycles. The van der Waals surface area contributed by atoms with E-state index in [1.54, 1.807) is 4.68 Å². The van der Waals surface area contributed by atoms with E-state index >= 15 is 0 Å². The molecule has 0 saturated heterocycles. The molecule has 0 spiro atoms. The summed E-state index contributed by atoms with van der Waals surface area (Å²) >= 11 is 0. The molecular formula is C16H22F2IN5. The van der Waals surface area contributed by atoms with Gasteiger partial charge in [0.2, 0.25) is 0 Å². The van der Waals surface area contributed by atoms with E-state index in [9.17, 15) is 8.78 Å². The van der Waals surface area contributed by atoms with E-state index in [0.717, 1.165) is 30.2 Å². The maximum atomic E-state index is 13.6. The Kier molecular flexibility index (Phi) is 8.66. The van der Waals surface area contributed by atoms with E-state index in [0.29, 0.717) is 19.0 Å². The quantitative estimate of drug-likeness (QED) is 0.405. The molecule has 1 aromatic carbocycles. The number of hydrogen-bond donors (Lipinski definition) is 2. The zero-order valence-electron chi connectivity index (χ0n) is 13.7. The van der Waals surface area contributed by atoms with E-state index in [4.69, 9.17) is 0 Å². The standard InChI is InChI=1S/C16H21F2N5.HI/c1-3-19-16(20-7-6-12-9-22-23(2)11-12)21-10-13-8-14(17)4-5-15(13)18;/h4-5,8-9,11H,3,6-7,10H2,1-2H3,(H2,19,20,21);1H. The number of guanidine groups is 1. The van der Waals surface area contributed by atoms with Gasteiger partial charge in [-0.05, 0) is 37.1 Å². The lowest BCUT2D eigenvalue weighted by molar-refractivity contribution is 0.585. The molecule has 0 fully saturated rings. The predicted octanol–water partition coefficient (Wildman–Crippen LogP) is 2.61. The maximum absolute atomic E-state index is 13.6. The highest BCUT2D eigenvalue weighted by Crippen LogP contribution is 2.10. The third-order valence-corrected chi connectivity index (χ3v) is 3.22. The summed E-state index contributed by atoms with van der Waals surface area (Å²) in [5.41, 5.74) is 1.35. The summed E-state index contributed by atoms with van der Waals surface area (Å²) in [7, 11) is 1.87. The molecule has 0 unspecified atom stereocenters. The van der Waals surface area contributed by atoms with Crippen molar-refractivity contribution >= 4 is 29.9 Å². The van der Waals surface area contributed by atoms with Gasteiger partial charge in [0, 0.05) is 31.9 Å². The summed E-state index contributed by atoms with van der Waals surface area (Å²) < 4.78 is 28.5. The van der Waals surface area contributed by atoms with Gasteiger partial charge in [-0.1, -0.05) is 0 Å². The number of hydrogen-bond acceptors (Lipinski definition) is 2. The van der Waals surface area contributed by atoms with Crippen LogP contribution in [0.15, 0.2) is 35.6 Å². The Morgan fingerprint density at radius 1 is 1.29 bits per heavy atom. The molecule has 24 heavy (non-hydrogen) atoms. The van der Waals surface area contributed by atoms with Crippen LogP contribution in [0.25, 0.3) is 0 Å². The number of nitrogens with zero attached hydrogens (tertiary/aromatic N) is 3. The molecule has 0 atom stereocenters. The molecule has 2 aromatic rings. The Labute approximate surface area is 157 Å². The van der Waals surface area contributed by atoms with Crippen LogP contribution in [-0.4, -0.2) is 28.8 Å². The minimum Gasteiger partial charge on any atom is -0.357 e. The number of nitrogens with one attached hydrogen (secondary N) is 2. The van der Waals surface area contributed by atoms with Gasteiger partial charge in [-0.25, -0.2) is 13.8 Å². The molecule has 1 heterocycles. The number of rotatable bonds is 6. The van der Waals surface area contributed by atoms with Crippen LogP contribution >= 0.6 is 24.0 Å². The lowest BCUT2D eigenvalue weighted by atomic mass is 10.2. The van der Waals surface area contributed by atoms with Gasteiger partial charge < -0.3 is 10.6 Å². The molecule has 0 aliphatic rings. The molecule has 5 nitrogen and oxygen atoms in total. The molecule has 0 aliphatic heterocycles. The van der Waals surface area contributed by atoms with E-state index < -0.39 is 11.6 Å². The van der Waals surface area contributed by atoms with Gasteiger partial charge in [-0.2, -0.15) is 5.10 Å². The fraction of sp³-hybridized carbons (Fsp3) is 0.375. The van der Waals surface area contributed by atoms with Crippen molar-refractivity contribution in [3.8, 4) is 0 Å². The van der Waals surface area contributed by atoms with Crippen molar-refractivity contribution in [1.29, 1.82) is 0 Å². The Morgan fingerprint density at radius 3 is 2.75 bits per heavy atom. The zero-order valence-corrected chi connectivity index (χ0v) is 16.1. The van der Waals surface area contributed by atoms with Crippen LogP contribution in [-0.2, 0) is 20.0 Å². The molecular weight excluding hydrogens is 427 g/mol. The molecule has 1 aromatic heterocycles. The van der Waals surface area contributed by atoms with Crippen molar-refractivity contribution < 1.29 is 8.78 Å². The maximum Gasteiger partial charge on any atom is 0.191 e. The summed E-state index contributed by atoms with van der Waals surface area (Å²) in [6, 6.07) is 3.38. The molecule has 0 amide bonds. The number of aliphatic imine (C=N–C) groups is 1. The first-order valence-electron chi connectivity index (χ1n) is 7.52. The average molecular weight is 449 g/mol. The summed E-state index contributed by atoms with van der Waals surface area (Å²) in [6.07, 6.45) is 4.56. The van der Waals surface area contributed by atoms with Gasteiger partial charge >= 0.3 is 0 Å². The number of aryl methyl sites for hydroxylation is 1. The van der Waals surface area contributed by atoms with Gasteiger partial charge in [-0.15, -0.1) is 24.0 Å². The molecule has 8 heteroatoms. The predicted molar refractivity (Wildman–Crippen MR) is 102 cm³/mol. The van der Waals surface area contributed by atoms with Gasteiger partial charge in [0.25, 0.3) is 0 Å².